The van der Waals surface area contributed by atoms with Gasteiger partial charge in [0.25, 0.3) is 0 Å². The van der Waals surface area contributed by atoms with Crippen molar-refractivity contribution in [1.29, 1.82) is 5.26 Å². The summed E-state index contributed by atoms with van der Waals surface area (Å²) < 4.78 is 24.6. The van der Waals surface area contributed by atoms with E-state index in [4.69, 9.17) is 5.26 Å². The molecule has 0 aromatic rings. The van der Waals surface area contributed by atoms with Crippen molar-refractivity contribution < 1.29 is 42.2 Å². The Morgan fingerprint density at radius 1 is 1.42 bits per heavy atom. The van der Waals surface area contributed by atoms with Crippen molar-refractivity contribution in [3.63, 3.8) is 0 Å². The van der Waals surface area contributed by atoms with Crippen LogP contribution in [0.1, 0.15) is 19.3 Å². The number of hydrogen-bond acceptors (Lipinski definition) is 5. The van der Waals surface area contributed by atoms with Gasteiger partial charge >= 0.3 is 29.6 Å². The van der Waals surface area contributed by atoms with E-state index in [9.17, 15) is 8.42 Å². The van der Waals surface area contributed by atoms with Crippen LogP contribution in [-0.4, -0.2) is 15.0 Å². The molecule has 0 unspecified atom stereocenters. The van der Waals surface area contributed by atoms with Gasteiger partial charge < -0.3 is 11.7 Å². The normalized spacial score (nSPS) is 10.0. The van der Waals surface area contributed by atoms with Gasteiger partial charge in [-0.05, 0) is 12.8 Å². The second-order valence-corrected chi connectivity index (χ2v) is 4.12. The first-order chi connectivity index (χ1) is 5.06. The van der Waals surface area contributed by atoms with Crippen LogP contribution in [0.4, 0.5) is 0 Å². The molecule has 0 aliphatic carbocycles. The van der Waals surface area contributed by atoms with Gasteiger partial charge in [0.15, 0.2) is 0 Å². The smallest absolute Gasteiger partial charge is 0.619 e. The van der Waals surface area contributed by atoms with Gasteiger partial charge in [-0.15, -0.1) is 0 Å². The van der Waals surface area contributed by atoms with Crippen LogP contribution < -0.4 is 29.6 Å². The molecule has 0 saturated heterocycles. The molecule has 0 spiro atoms. The number of unbranched alkanes of at least 4 members (excludes halogenated alkanes) is 2. The Balaban J connectivity index is 0. The summed E-state index contributed by atoms with van der Waals surface area (Å²) in [5.41, 5.74) is 0. The van der Waals surface area contributed by atoms with Gasteiger partial charge in [0.2, 0.25) is 0 Å². The van der Waals surface area contributed by atoms with Crippen molar-refractivity contribution in [2.24, 2.45) is 0 Å². The third kappa shape index (κ3) is 13.3. The molecule has 0 aromatic heterocycles. The fraction of sp³-hybridized carbons (Fsp3) is 0.800. The quantitative estimate of drug-likeness (QED) is 0.220. The van der Waals surface area contributed by atoms with Gasteiger partial charge in [-0.25, -0.2) is 8.42 Å². The molecule has 0 radical (unpaired) electrons. The Kier molecular flexibility index (Phi) is 10.6. The molecular weight excluding hydrogens is 209 g/mol. The minimum atomic E-state index is -3.71. The zero-order chi connectivity index (χ0) is 8.74. The van der Waals surface area contributed by atoms with E-state index in [0.29, 0.717) is 19.3 Å². The molecule has 0 aromatic carbocycles. The Bertz CT molecular complexity index is 234. The van der Waals surface area contributed by atoms with E-state index in [1.54, 1.807) is 0 Å². The Labute approximate surface area is 99.5 Å². The van der Waals surface area contributed by atoms with E-state index in [0.717, 1.165) is 0 Å². The van der Waals surface area contributed by atoms with Crippen molar-refractivity contribution in [2.45, 2.75) is 19.3 Å². The van der Waals surface area contributed by atoms with Gasteiger partial charge in [-0.3, -0.25) is 4.18 Å². The number of nitrogens with zero attached hydrogens (tertiary/aromatic N) is 1. The number of hydrogen-bond donors (Lipinski definition) is 0. The summed E-state index contributed by atoms with van der Waals surface area (Å²) in [6, 6.07) is 1.93. The van der Waals surface area contributed by atoms with Crippen LogP contribution in [-0.2, 0) is 25.0 Å². The molecule has 4 nitrogen and oxygen atoms in total. The SMILES string of the molecule is N#CCCCCOS(=O)(=O)[S-].[Na+]. The van der Waals surface area contributed by atoms with Gasteiger partial charge in [0.05, 0.1) is 12.7 Å². The fourth-order valence-corrected chi connectivity index (χ4v) is 0.993. The van der Waals surface area contributed by atoms with Crippen molar-refractivity contribution in [2.75, 3.05) is 6.61 Å². The first-order valence-corrected chi connectivity index (χ1v) is 5.37. The summed E-state index contributed by atoms with van der Waals surface area (Å²) in [6.45, 7) is 0.0769. The maximum Gasteiger partial charge on any atom is 1.00 e. The maximum atomic E-state index is 10.2. The van der Waals surface area contributed by atoms with Crippen LogP contribution in [0.2, 0.25) is 0 Å². The Morgan fingerprint density at radius 2 is 2.00 bits per heavy atom. The van der Waals surface area contributed by atoms with Gasteiger partial charge in [-0.1, -0.05) is 0 Å². The first-order valence-electron chi connectivity index (χ1n) is 3.03. The Hall–Kier alpha value is 0.750. The Morgan fingerprint density at radius 3 is 2.42 bits per heavy atom. The van der Waals surface area contributed by atoms with Crippen LogP contribution in [0.25, 0.3) is 0 Å². The second-order valence-electron chi connectivity index (χ2n) is 1.85. The molecule has 0 saturated carbocycles. The van der Waals surface area contributed by atoms with Crippen LogP contribution in [0, 0.1) is 11.3 Å². The summed E-state index contributed by atoms with van der Waals surface area (Å²) in [5.74, 6) is 0. The monoisotopic (exact) mass is 217 g/mol. The van der Waals surface area contributed by atoms with Crippen LogP contribution in [0.5, 0.6) is 0 Å². The molecule has 0 fully saturated rings. The third-order valence-electron chi connectivity index (χ3n) is 0.911. The molecule has 0 heterocycles. The zero-order valence-corrected chi connectivity index (χ0v) is 10.4. The largest absolute Gasteiger partial charge is 1.00 e. The minimum Gasteiger partial charge on any atom is -0.619 e. The van der Waals surface area contributed by atoms with E-state index in [2.05, 4.69) is 15.8 Å². The van der Waals surface area contributed by atoms with Crippen molar-refractivity contribution in [1.82, 2.24) is 0 Å². The van der Waals surface area contributed by atoms with E-state index >= 15 is 0 Å². The zero-order valence-electron chi connectivity index (χ0n) is 6.82. The molecular formula is C5H8NNaO3S2. The van der Waals surface area contributed by atoms with Crippen LogP contribution in [0.3, 0.4) is 0 Å². The molecule has 12 heavy (non-hydrogen) atoms. The van der Waals surface area contributed by atoms with Gasteiger partial charge in [0, 0.05) is 6.42 Å². The molecule has 0 bridgehead atoms. The molecule has 0 atom stereocenters. The van der Waals surface area contributed by atoms with Crippen molar-refractivity contribution in [3.8, 4) is 6.07 Å². The summed E-state index contributed by atoms with van der Waals surface area (Å²) in [7, 11) is -3.71. The first kappa shape index (κ1) is 15.2. The van der Waals surface area contributed by atoms with Gasteiger partial charge in [0.1, 0.15) is 9.15 Å². The third-order valence-corrected chi connectivity index (χ3v) is 1.65. The summed E-state index contributed by atoms with van der Waals surface area (Å²) in [5, 5.41) is 8.10. The predicted molar refractivity (Wildman–Crippen MR) is 41.7 cm³/mol. The summed E-state index contributed by atoms with van der Waals surface area (Å²) >= 11 is 3.95. The molecule has 64 valence electrons. The molecule has 0 aliphatic heterocycles. The average Bonchev–Trinajstić information content (AvgIpc) is 1.85. The number of nitriles is 1. The summed E-state index contributed by atoms with van der Waals surface area (Å²) in [6.07, 6.45) is 1.60. The topological polar surface area (TPSA) is 67.2 Å². The van der Waals surface area contributed by atoms with Crippen molar-refractivity contribution >= 4 is 20.8 Å². The molecule has 0 amide bonds. The van der Waals surface area contributed by atoms with E-state index < -0.39 is 9.15 Å². The summed E-state index contributed by atoms with van der Waals surface area (Å²) in [4.78, 5) is 0. The molecule has 7 heteroatoms. The molecule has 0 aliphatic rings. The minimum absolute atomic E-state index is 0. The van der Waals surface area contributed by atoms with E-state index in [-0.39, 0.29) is 36.2 Å². The second kappa shape index (κ2) is 8.35. The predicted octanol–water partition coefficient (Wildman–Crippen LogP) is -2.51. The molecule has 0 N–H and O–H groups in total. The van der Waals surface area contributed by atoms with E-state index in [1.807, 2.05) is 6.07 Å². The average molecular weight is 217 g/mol. The van der Waals surface area contributed by atoms with Gasteiger partial charge in [-0.2, -0.15) is 5.26 Å². The number of rotatable bonds is 5. The van der Waals surface area contributed by atoms with Crippen molar-refractivity contribution in [3.05, 3.63) is 0 Å². The standard InChI is InChI=1S/C5H9NO3S2.Na/c6-4-2-1-3-5-9-11(7,8)10;/h1-3,5H2,(H,7,8,10);/q;+1/p-1. The van der Waals surface area contributed by atoms with Crippen LogP contribution in [0.15, 0.2) is 0 Å². The fourth-order valence-electron chi connectivity index (χ4n) is 0.467. The molecule has 0 rings (SSSR count). The maximum absolute atomic E-state index is 10.2. The van der Waals surface area contributed by atoms with E-state index in [1.165, 1.54) is 0 Å². The van der Waals surface area contributed by atoms with Crippen LogP contribution >= 0.6 is 0 Å².